The van der Waals surface area contributed by atoms with Gasteiger partial charge in [0.2, 0.25) is 0 Å². The molecule has 2 aromatic carbocycles. The quantitative estimate of drug-likeness (QED) is 0.530. The first-order chi connectivity index (χ1) is 14.5. The maximum atomic E-state index is 13.5. The predicted octanol–water partition coefficient (Wildman–Crippen LogP) is 3.42. The van der Waals surface area contributed by atoms with Crippen LogP contribution in [-0.4, -0.2) is 31.2 Å². The number of rotatable bonds is 8. The largest absolute Gasteiger partial charge is 0.493 e. The van der Waals surface area contributed by atoms with Gasteiger partial charge in [-0.15, -0.1) is 0 Å². The van der Waals surface area contributed by atoms with Gasteiger partial charge in [0.1, 0.15) is 23.4 Å². The fraction of sp³-hybridized carbons (Fsp3) is 0.304. The van der Waals surface area contributed by atoms with Crippen molar-refractivity contribution in [2.24, 2.45) is 0 Å². The summed E-state index contributed by atoms with van der Waals surface area (Å²) in [6.45, 7) is 3.92. The SMILES string of the molecule is CCOc1cc2c(cc1/C=C/C(=O)OCC(=O)NCc1ccccc1F)O[C@@H](C)C2. The van der Waals surface area contributed by atoms with Crippen LogP contribution >= 0.6 is 0 Å². The van der Waals surface area contributed by atoms with Crippen molar-refractivity contribution in [2.45, 2.75) is 32.9 Å². The van der Waals surface area contributed by atoms with E-state index in [9.17, 15) is 14.0 Å². The van der Waals surface area contributed by atoms with Crippen LogP contribution in [0.2, 0.25) is 0 Å². The fourth-order valence-electron chi connectivity index (χ4n) is 3.10. The molecule has 1 aliphatic heterocycles. The number of ether oxygens (including phenoxy) is 3. The molecule has 6 nitrogen and oxygen atoms in total. The van der Waals surface area contributed by atoms with Crippen LogP contribution in [0.3, 0.4) is 0 Å². The minimum absolute atomic E-state index is 0.0180. The van der Waals surface area contributed by atoms with E-state index in [2.05, 4.69) is 5.32 Å². The molecule has 0 aromatic heterocycles. The Morgan fingerprint density at radius 2 is 2.10 bits per heavy atom. The summed E-state index contributed by atoms with van der Waals surface area (Å²) in [6, 6.07) is 9.88. The van der Waals surface area contributed by atoms with Gasteiger partial charge in [-0.2, -0.15) is 0 Å². The second-order valence-electron chi connectivity index (χ2n) is 6.87. The van der Waals surface area contributed by atoms with Crippen molar-refractivity contribution in [3.63, 3.8) is 0 Å². The van der Waals surface area contributed by atoms with Crippen molar-refractivity contribution in [2.75, 3.05) is 13.2 Å². The Labute approximate surface area is 174 Å². The lowest BCUT2D eigenvalue weighted by atomic mass is 10.1. The Kier molecular flexibility index (Phi) is 7.06. The van der Waals surface area contributed by atoms with E-state index in [-0.39, 0.29) is 12.6 Å². The van der Waals surface area contributed by atoms with Crippen molar-refractivity contribution < 1.29 is 28.2 Å². The molecular weight excluding hydrogens is 389 g/mol. The van der Waals surface area contributed by atoms with Crippen LogP contribution in [0, 0.1) is 5.82 Å². The molecule has 2 aromatic rings. The zero-order valence-corrected chi connectivity index (χ0v) is 16.9. The Morgan fingerprint density at radius 1 is 1.30 bits per heavy atom. The second-order valence-corrected chi connectivity index (χ2v) is 6.87. The molecule has 0 saturated heterocycles. The molecule has 0 fully saturated rings. The van der Waals surface area contributed by atoms with Crippen LogP contribution in [-0.2, 0) is 27.3 Å². The van der Waals surface area contributed by atoms with Gasteiger partial charge in [-0.25, -0.2) is 9.18 Å². The number of hydrogen-bond donors (Lipinski definition) is 1. The Bertz CT molecular complexity index is 957. The number of benzene rings is 2. The zero-order valence-electron chi connectivity index (χ0n) is 16.9. The van der Waals surface area contributed by atoms with Gasteiger partial charge in [-0.3, -0.25) is 4.79 Å². The molecule has 1 atom stereocenters. The molecule has 158 valence electrons. The van der Waals surface area contributed by atoms with Gasteiger partial charge < -0.3 is 19.5 Å². The number of esters is 1. The number of fused-ring (bicyclic) bond motifs is 1. The smallest absolute Gasteiger partial charge is 0.331 e. The maximum absolute atomic E-state index is 13.5. The highest BCUT2D eigenvalue weighted by Gasteiger charge is 2.21. The van der Waals surface area contributed by atoms with E-state index in [1.165, 1.54) is 12.1 Å². The number of carbonyl (C=O) groups excluding carboxylic acids is 2. The molecule has 0 unspecified atom stereocenters. The van der Waals surface area contributed by atoms with Crippen LogP contribution in [0.4, 0.5) is 4.39 Å². The monoisotopic (exact) mass is 413 g/mol. The molecule has 0 radical (unpaired) electrons. The lowest BCUT2D eigenvalue weighted by Crippen LogP contribution is -2.28. The average Bonchev–Trinajstić information content (AvgIpc) is 3.09. The van der Waals surface area contributed by atoms with Crippen LogP contribution in [0.25, 0.3) is 6.08 Å². The van der Waals surface area contributed by atoms with E-state index >= 15 is 0 Å². The van der Waals surface area contributed by atoms with Gasteiger partial charge >= 0.3 is 5.97 Å². The van der Waals surface area contributed by atoms with Gasteiger partial charge in [0.05, 0.1) is 6.61 Å². The van der Waals surface area contributed by atoms with E-state index in [1.54, 1.807) is 24.3 Å². The van der Waals surface area contributed by atoms with E-state index in [4.69, 9.17) is 14.2 Å². The third kappa shape index (κ3) is 5.59. The lowest BCUT2D eigenvalue weighted by molar-refractivity contribution is -0.143. The molecule has 30 heavy (non-hydrogen) atoms. The van der Waals surface area contributed by atoms with Crippen LogP contribution in [0.15, 0.2) is 42.5 Å². The minimum atomic E-state index is -0.673. The number of hydrogen-bond acceptors (Lipinski definition) is 5. The molecule has 1 heterocycles. The standard InChI is InChI=1S/C23H24FNO5/c1-3-28-20-12-18-10-15(2)30-21(18)11-16(20)8-9-23(27)29-14-22(26)25-13-17-6-4-5-7-19(17)24/h4-9,11-12,15H,3,10,13-14H2,1-2H3,(H,25,26)/b9-8+/t15-/m0/s1. The van der Waals surface area contributed by atoms with Crippen molar-refractivity contribution in [3.05, 3.63) is 65.0 Å². The third-order valence-electron chi connectivity index (χ3n) is 4.51. The minimum Gasteiger partial charge on any atom is -0.493 e. The van der Waals surface area contributed by atoms with Crippen LogP contribution < -0.4 is 14.8 Å². The van der Waals surface area contributed by atoms with E-state index in [0.29, 0.717) is 23.5 Å². The predicted molar refractivity (Wildman–Crippen MR) is 110 cm³/mol. The number of nitrogens with one attached hydrogen (secondary N) is 1. The summed E-state index contributed by atoms with van der Waals surface area (Å²) in [6.07, 6.45) is 3.70. The number of halogens is 1. The summed E-state index contributed by atoms with van der Waals surface area (Å²) in [5, 5.41) is 2.51. The fourth-order valence-corrected chi connectivity index (χ4v) is 3.10. The number of carbonyl (C=O) groups is 2. The molecule has 0 saturated carbocycles. The molecule has 1 amide bonds. The average molecular weight is 413 g/mol. The van der Waals surface area contributed by atoms with Gasteiger partial charge in [-0.05, 0) is 38.1 Å². The Balaban J connectivity index is 1.54. The molecule has 1 N–H and O–H groups in total. The Morgan fingerprint density at radius 3 is 2.87 bits per heavy atom. The molecular formula is C23H24FNO5. The first-order valence-corrected chi connectivity index (χ1v) is 9.77. The molecule has 0 bridgehead atoms. The van der Waals surface area contributed by atoms with Crippen LogP contribution in [0.5, 0.6) is 11.5 Å². The summed E-state index contributed by atoms with van der Waals surface area (Å²) in [5.74, 6) is -0.175. The second kappa shape index (κ2) is 9.91. The first kappa shape index (κ1) is 21.4. The van der Waals surface area contributed by atoms with E-state index < -0.39 is 24.3 Å². The van der Waals surface area contributed by atoms with Gasteiger partial charge in [0.25, 0.3) is 5.91 Å². The zero-order chi connectivity index (χ0) is 21.5. The molecule has 0 aliphatic carbocycles. The highest BCUT2D eigenvalue weighted by molar-refractivity contribution is 5.89. The summed E-state index contributed by atoms with van der Waals surface area (Å²) in [4.78, 5) is 23.8. The molecule has 0 spiro atoms. The topological polar surface area (TPSA) is 73.9 Å². The molecule has 3 rings (SSSR count). The Hall–Kier alpha value is -3.35. The highest BCUT2D eigenvalue weighted by Crippen LogP contribution is 2.35. The summed E-state index contributed by atoms with van der Waals surface area (Å²) in [7, 11) is 0. The van der Waals surface area contributed by atoms with Crippen molar-refractivity contribution in [3.8, 4) is 11.5 Å². The van der Waals surface area contributed by atoms with Crippen molar-refractivity contribution in [1.29, 1.82) is 0 Å². The van der Waals surface area contributed by atoms with Crippen LogP contribution in [0.1, 0.15) is 30.5 Å². The normalized spacial score (nSPS) is 14.8. The lowest BCUT2D eigenvalue weighted by Gasteiger charge is -2.10. The van der Waals surface area contributed by atoms with E-state index in [0.717, 1.165) is 17.7 Å². The number of amides is 1. The summed E-state index contributed by atoms with van der Waals surface area (Å²) in [5.41, 5.74) is 2.11. The van der Waals surface area contributed by atoms with Gasteiger partial charge in [-0.1, -0.05) is 18.2 Å². The first-order valence-electron chi connectivity index (χ1n) is 9.77. The van der Waals surface area contributed by atoms with Gasteiger partial charge in [0, 0.05) is 35.7 Å². The summed E-state index contributed by atoms with van der Waals surface area (Å²) < 4.78 is 29.9. The third-order valence-corrected chi connectivity index (χ3v) is 4.51. The molecule has 1 aliphatic rings. The van der Waals surface area contributed by atoms with Crippen molar-refractivity contribution >= 4 is 18.0 Å². The maximum Gasteiger partial charge on any atom is 0.331 e. The van der Waals surface area contributed by atoms with Crippen molar-refractivity contribution in [1.82, 2.24) is 5.32 Å². The van der Waals surface area contributed by atoms with E-state index in [1.807, 2.05) is 26.0 Å². The highest BCUT2D eigenvalue weighted by atomic mass is 19.1. The van der Waals surface area contributed by atoms with Gasteiger partial charge in [0.15, 0.2) is 6.61 Å². The summed E-state index contributed by atoms with van der Waals surface area (Å²) >= 11 is 0. The molecule has 7 heteroatoms.